The van der Waals surface area contributed by atoms with Crippen molar-refractivity contribution in [2.45, 2.75) is 26.8 Å². The predicted octanol–water partition coefficient (Wildman–Crippen LogP) is 1.12. The summed E-state index contributed by atoms with van der Waals surface area (Å²) in [4.78, 5) is 10.4. The number of aliphatic hydroxyl groups is 1. The van der Waals surface area contributed by atoms with Crippen LogP contribution < -0.4 is 15.0 Å². The van der Waals surface area contributed by atoms with Crippen molar-refractivity contribution in [2.24, 2.45) is 0 Å². The van der Waals surface area contributed by atoms with Crippen LogP contribution in [0, 0.1) is 0 Å². The molecule has 0 aliphatic rings. The highest BCUT2D eigenvalue weighted by atomic mass is 16.5. The van der Waals surface area contributed by atoms with E-state index < -0.39 is 0 Å². The fourth-order valence-electron chi connectivity index (χ4n) is 1.77. The molecule has 1 rings (SSSR count). The maximum Gasteiger partial charge on any atom is 0.204 e. The van der Waals surface area contributed by atoms with Crippen molar-refractivity contribution in [2.75, 3.05) is 37.0 Å². The van der Waals surface area contributed by atoms with Crippen molar-refractivity contribution in [3.8, 4) is 5.75 Å². The highest BCUT2D eigenvalue weighted by Crippen LogP contribution is 2.32. The summed E-state index contributed by atoms with van der Waals surface area (Å²) < 4.78 is 5.40. The van der Waals surface area contributed by atoms with Gasteiger partial charge in [0.15, 0.2) is 11.6 Å². The summed E-state index contributed by atoms with van der Waals surface area (Å²) in [5, 5.41) is 12.3. The number of aromatic nitrogens is 2. The van der Waals surface area contributed by atoms with Crippen LogP contribution in [0.2, 0.25) is 0 Å². The minimum Gasteiger partial charge on any atom is -0.490 e. The first-order chi connectivity index (χ1) is 8.65. The Hall–Kier alpha value is -1.56. The minimum atomic E-state index is 0.0713. The number of nitrogens with zero attached hydrogens (tertiary/aromatic N) is 3. The van der Waals surface area contributed by atoms with Crippen LogP contribution in [-0.2, 0) is 0 Å². The van der Waals surface area contributed by atoms with Crippen LogP contribution in [0.25, 0.3) is 0 Å². The number of ether oxygens (including phenoxy) is 1. The molecule has 0 bridgehead atoms. The topological polar surface area (TPSA) is 70.5 Å². The third-order valence-electron chi connectivity index (χ3n) is 2.57. The van der Waals surface area contributed by atoms with Gasteiger partial charge in [-0.05, 0) is 20.8 Å². The molecule has 0 aliphatic carbocycles. The van der Waals surface area contributed by atoms with E-state index in [0.29, 0.717) is 23.9 Å². The number of hydrogen-bond donors (Lipinski definition) is 2. The summed E-state index contributed by atoms with van der Waals surface area (Å²) in [6, 6.07) is 0.218. The Morgan fingerprint density at radius 3 is 2.67 bits per heavy atom. The molecule has 1 aromatic rings. The first kappa shape index (κ1) is 14.5. The molecule has 0 fully saturated rings. The first-order valence-corrected chi connectivity index (χ1v) is 6.16. The second-order valence-corrected chi connectivity index (χ2v) is 4.12. The largest absolute Gasteiger partial charge is 0.490 e. The molecular formula is C12H22N4O2. The Morgan fingerprint density at radius 2 is 2.17 bits per heavy atom. The van der Waals surface area contributed by atoms with Crippen LogP contribution in [0.5, 0.6) is 5.75 Å². The van der Waals surface area contributed by atoms with E-state index in [1.807, 2.05) is 25.7 Å². The molecule has 1 heterocycles. The SMILES string of the molecule is CCNc1ncnc(N(CCO)C(C)C)c1OC. The number of aliphatic hydroxyl groups excluding tert-OH is 1. The summed E-state index contributed by atoms with van der Waals surface area (Å²) in [5.74, 6) is 1.99. The van der Waals surface area contributed by atoms with E-state index >= 15 is 0 Å². The Bertz CT molecular complexity index is 371. The van der Waals surface area contributed by atoms with Gasteiger partial charge in [0.1, 0.15) is 6.33 Å². The van der Waals surface area contributed by atoms with Gasteiger partial charge in [-0.1, -0.05) is 0 Å². The van der Waals surface area contributed by atoms with E-state index in [1.165, 1.54) is 6.33 Å². The molecule has 0 unspecified atom stereocenters. The lowest BCUT2D eigenvalue weighted by Gasteiger charge is -2.28. The molecule has 0 amide bonds. The standard InChI is InChI=1S/C12H22N4O2/c1-5-13-11-10(18-4)12(15-8-14-11)16(6-7-17)9(2)3/h8-9,17H,5-7H2,1-4H3,(H,13,14,15). The zero-order valence-corrected chi connectivity index (χ0v) is 11.5. The van der Waals surface area contributed by atoms with Gasteiger partial charge in [0.2, 0.25) is 5.75 Å². The Kier molecular flexibility index (Phi) is 5.64. The van der Waals surface area contributed by atoms with Crippen LogP contribution >= 0.6 is 0 Å². The molecule has 0 aromatic carbocycles. The lowest BCUT2D eigenvalue weighted by molar-refractivity contribution is 0.297. The van der Waals surface area contributed by atoms with Crippen LogP contribution in [0.3, 0.4) is 0 Å². The van der Waals surface area contributed by atoms with Gasteiger partial charge >= 0.3 is 0 Å². The average molecular weight is 254 g/mol. The Balaban J connectivity index is 3.15. The van der Waals surface area contributed by atoms with Crippen LogP contribution in [0.4, 0.5) is 11.6 Å². The number of hydrogen-bond acceptors (Lipinski definition) is 6. The van der Waals surface area contributed by atoms with E-state index in [0.717, 1.165) is 6.54 Å². The van der Waals surface area contributed by atoms with E-state index in [4.69, 9.17) is 9.84 Å². The molecule has 6 nitrogen and oxygen atoms in total. The minimum absolute atomic E-state index is 0.0713. The normalized spacial score (nSPS) is 10.6. The van der Waals surface area contributed by atoms with Gasteiger partial charge in [-0.3, -0.25) is 0 Å². The number of methoxy groups -OCH3 is 1. The summed E-state index contributed by atoms with van der Waals surface area (Å²) in [5.41, 5.74) is 0. The van der Waals surface area contributed by atoms with Crippen LogP contribution in [0.1, 0.15) is 20.8 Å². The Morgan fingerprint density at radius 1 is 1.44 bits per heavy atom. The van der Waals surface area contributed by atoms with Crippen molar-refractivity contribution in [1.29, 1.82) is 0 Å². The fourth-order valence-corrected chi connectivity index (χ4v) is 1.77. The molecule has 6 heteroatoms. The fraction of sp³-hybridized carbons (Fsp3) is 0.667. The summed E-state index contributed by atoms with van der Waals surface area (Å²) in [7, 11) is 1.60. The van der Waals surface area contributed by atoms with Gasteiger partial charge in [0.25, 0.3) is 0 Å². The third kappa shape index (κ3) is 3.22. The van der Waals surface area contributed by atoms with E-state index in [1.54, 1.807) is 7.11 Å². The van der Waals surface area contributed by atoms with Gasteiger partial charge < -0.3 is 20.1 Å². The molecule has 0 atom stereocenters. The van der Waals surface area contributed by atoms with Crippen molar-refractivity contribution in [1.82, 2.24) is 9.97 Å². The lowest BCUT2D eigenvalue weighted by Crippen LogP contribution is -2.34. The van der Waals surface area contributed by atoms with Crippen molar-refractivity contribution in [3.05, 3.63) is 6.33 Å². The maximum absolute atomic E-state index is 9.14. The van der Waals surface area contributed by atoms with E-state index in [-0.39, 0.29) is 12.6 Å². The van der Waals surface area contributed by atoms with Gasteiger partial charge in [0, 0.05) is 19.1 Å². The molecular weight excluding hydrogens is 232 g/mol. The highest BCUT2D eigenvalue weighted by molar-refractivity contribution is 5.65. The Labute approximate surface area is 108 Å². The van der Waals surface area contributed by atoms with Gasteiger partial charge in [0.05, 0.1) is 13.7 Å². The predicted molar refractivity (Wildman–Crippen MR) is 72.3 cm³/mol. The van der Waals surface area contributed by atoms with Gasteiger partial charge in [-0.2, -0.15) is 0 Å². The average Bonchev–Trinajstić information content (AvgIpc) is 2.35. The number of rotatable bonds is 7. The molecule has 0 spiro atoms. The van der Waals surface area contributed by atoms with Crippen molar-refractivity contribution < 1.29 is 9.84 Å². The first-order valence-electron chi connectivity index (χ1n) is 6.16. The molecule has 18 heavy (non-hydrogen) atoms. The van der Waals surface area contributed by atoms with Crippen molar-refractivity contribution in [3.63, 3.8) is 0 Å². The third-order valence-corrected chi connectivity index (χ3v) is 2.57. The van der Waals surface area contributed by atoms with Gasteiger partial charge in [-0.25, -0.2) is 9.97 Å². The summed E-state index contributed by atoms with van der Waals surface area (Å²) in [6.45, 7) is 7.43. The molecule has 1 aromatic heterocycles. The summed E-state index contributed by atoms with van der Waals surface area (Å²) in [6.07, 6.45) is 1.50. The molecule has 102 valence electrons. The van der Waals surface area contributed by atoms with Crippen LogP contribution in [-0.4, -0.2) is 47.9 Å². The quantitative estimate of drug-likeness (QED) is 0.760. The molecule has 2 N–H and O–H groups in total. The smallest absolute Gasteiger partial charge is 0.204 e. The van der Waals surface area contributed by atoms with E-state index in [2.05, 4.69) is 15.3 Å². The van der Waals surface area contributed by atoms with E-state index in [9.17, 15) is 0 Å². The molecule has 0 saturated carbocycles. The van der Waals surface area contributed by atoms with Crippen LogP contribution in [0.15, 0.2) is 6.33 Å². The number of anilines is 2. The zero-order chi connectivity index (χ0) is 13.5. The second kappa shape index (κ2) is 7.00. The highest BCUT2D eigenvalue weighted by Gasteiger charge is 2.19. The molecule has 0 saturated heterocycles. The summed E-state index contributed by atoms with van der Waals surface area (Å²) >= 11 is 0. The second-order valence-electron chi connectivity index (χ2n) is 4.12. The van der Waals surface area contributed by atoms with Crippen molar-refractivity contribution >= 4 is 11.6 Å². The van der Waals surface area contributed by atoms with Gasteiger partial charge in [-0.15, -0.1) is 0 Å². The molecule has 0 aliphatic heterocycles. The zero-order valence-electron chi connectivity index (χ0n) is 11.5. The maximum atomic E-state index is 9.14. The number of nitrogens with one attached hydrogen (secondary N) is 1. The molecule has 0 radical (unpaired) electrons. The lowest BCUT2D eigenvalue weighted by atomic mass is 10.3. The monoisotopic (exact) mass is 254 g/mol.